The van der Waals surface area contributed by atoms with Crippen molar-refractivity contribution in [3.8, 4) is 5.75 Å². The smallest absolute Gasteiger partial charge is 0.407 e. The molecule has 1 fully saturated rings. The second-order valence-corrected chi connectivity index (χ2v) is 33.0. The molecule has 0 radical (unpaired) electrons. The topological polar surface area (TPSA) is 540 Å². The number of aromatic nitrogens is 1. The molecule has 36 nitrogen and oxygen atoms in total. The van der Waals surface area contributed by atoms with Crippen molar-refractivity contribution in [3.63, 3.8) is 0 Å². The molecule has 119 heavy (non-hydrogen) atoms. The van der Waals surface area contributed by atoms with E-state index >= 15 is 4.79 Å². The summed E-state index contributed by atoms with van der Waals surface area (Å²) in [4.78, 5) is 227. The maximum Gasteiger partial charge on any atom is 0.407 e. The van der Waals surface area contributed by atoms with Gasteiger partial charge in [-0.1, -0.05) is 112 Å². The van der Waals surface area contributed by atoms with Crippen molar-refractivity contribution >= 4 is 134 Å². The number of carboxylic acids is 5. The second kappa shape index (κ2) is 54.0. The molecular formula is C80H113N9O27S3. The van der Waals surface area contributed by atoms with Gasteiger partial charge in [-0.25, -0.2) is 24.2 Å². The number of ketones is 3. The summed E-state index contributed by atoms with van der Waals surface area (Å²) in [5.41, 5.74) is 1.17. The van der Waals surface area contributed by atoms with Crippen molar-refractivity contribution in [1.29, 1.82) is 0 Å². The second-order valence-electron chi connectivity index (χ2n) is 29.5. The first-order valence-electron chi connectivity index (χ1n) is 39.5. The van der Waals surface area contributed by atoms with E-state index in [-0.39, 0.29) is 110 Å². The maximum absolute atomic E-state index is 15.1. The number of rotatable bonds is 59. The number of alkyl carbamates (subject to hydrolysis) is 1. The number of benzene rings is 2. The van der Waals surface area contributed by atoms with Gasteiger partial charge in [-0.3, -0.25) is 62.3 Å². The third-order valence-electron chi connectivity index (χ3n) is 19.9. The van der Waals surface area contributed by atoms with Crippen LogP contribution in [0.2, 0.25) is 0 Å². The number of amides is 7. The molecule has 7 amide bonds. The van der Waals surface area contributed by atoms with Crippen LogP contribution in [0.4, 0.5) is 9.59 Å². The lowest BCUT2D eigenvalue weighted by Crippen LogP contribution is -2.50. The minimum Gasteiger partial charge on any atom is -0.508 e. The first kappa shape index (κ1) is 101. The summed E-state index contributed by atoms with van der Waals surface area (Å²) < 4.78 is 21.6. The molecule has 12 N–H and O–H groups in total. The highest BCUT2D eigenvalue weighted by Gasteiger charge is 2.39. The number of nitrogens with zero attached hydrogens (tertiary/aromatic N) is 3. The van der Waals surface area contributed by atoms with Crippen LogP contribution in [0.25, 0.3) is 0 Å². The Hall–Kier alpha value is -10.3. The van der Waals surface area contributed by atoms with Crippen molar-refractivity contribution in [2.45, 2.75) is 231 Å². The number of piperidine rings is 1. The number of nitrogens with one attached hydrogen (secondary N) is 6. The fourth-order valence-corrected chi connectivity index (χ4v) is 16.1. The number of esters is 2. The minimum absolute atomic E-state index is 0.00258. The fourth-order valence-electron chi connectivity index (χ4n) is 13.1. The molecule has 39 heteroatoms. The predicted molar refractivity (Wildman–Crippen MR) is 434 cm³/mol. The number of urea groups is 1. The number of hydrogen-bond donors (Lipinski definition) is 12. The van der Waals surface area contributed by atoms with E-state index in [1.54, 1.807) is 47.4 Å². The number of phenols is 1. The van der Waals surface area contributed by atoms with E-state index in [0.29, 0.717) is 30.0 Å². The Morgan fingerprint density at radius 3 is 1.98 bits per heavy atom. The quantitative estimate of drug-likeness (QED) is 0.00653. The van der Waals surface area contributed by atoms with Crippen LogP contribution >= 0.6 is 32.9 Å². The lowest BCUT2D eigenvalue weighted by atomic mass is 9.83. The molecule has 1 aromatic heterocycles. The number of carboxylic acid groups (broad SMARTS) is 5. The van der Waals surface area contributed by atoms with E-state index in [1.807, 2.05) is 33.0 Å². The van der Waals surface area contributed by atoms with Crippen LogP contribution < -0.4 is 31.9 Å². The van der Waals surface area contributed by atoms with E-state index in [0.717, 1.165) is 71.6 Å². The first-order valence-corrected chi connectivity index (χ1v) is 42.9. The van der Waals surface area contributed by atoms with Gasteiger partial charge >= 0.3 is 53.9 Å². The molecule has 0 spiro atoms. The van der Waals surface area contributed by atoms with Crippen molar-refractivity contribution in [3.05, 3.63) is 81.8 Å². The number of carbonyl (C=O) groups is 17. The van der Waals surface area contributed by atoms with Gasteiger partial charge in [-0.2, -0.15) is 0 Å². The number of hydrogen-bond acceptors (Lipinski definition) is 27. The monoisotopic (exact) mass is 1730 g/mol. The highest BCUT2D eigenvalue weighted by Crippen LogP contribution is 2.35. The largest absolute Gasteiger partial charge is 0.508 e. The number of likely N-dealkylation sites (tertiary alicyclic amines) is 1. The molecule has 1 unspecified atom stereocenters. The van der Waals surface area contributed by atoms with Gasteiger partial charge in [-0.15, -0.1) is 11.3 Å². The molecular weight excluding hydrogens is 1620 g/mol. The van der Waals surface area contributed by atoms with Crippen LogP contribution in [0.15, 0.2) is 60.0 Å². The van der Waals surface area contributed by atoms with E-state index in [2.05, 4.69) is 55.2 Å². The van der Waals surface area contributed by atoms with Gasteiger partial charge in [0.2, 0.25) is 17.7 Å². The average molecular weight is 1730 g/mol. The van der Waals surface area contributed by atoms with Crippen LogP contribution in [-0.2, 0) is 98.9 Å². The number of phenolic OH excluding ortho intramolecular Hbond substituents is 1. The average Bonchev–Trinajstić information content (AvgIpc) is 1.81. The van der Waals surface area contributed by atoms with Crippen molar-refractivity contribution < 1.29 is 131 Å². The molecule has 2 aromatic carbocycles. The summed E-state index contributed by atoms with van der Waals surface area (Å²) in [6.45, 7) is 11.0. The van der Waals surface area contributed by atoms with Gasteiger partial charge in [0.25, 0.3) is 12.4 Å². The van der Waals surface area contributed by atoms with E-state index in [4.69, 9.17) is 19.3 Å². The number of aliphatic carboxylic acids is 5. The van der Waals surface area contributed by atoms with Gasteiger partial charge < -0.3 is 91.3 Å². The molecule has 4 rings (SSSR count). The van der Waals surface area contributed by atoms with Crippen molar-refractivity contribution in [2.75, 3.05) is 45.0 Å². The summed E-state index contributed by atoms with van der Waals surface area (Å²) in [6.07, 6.45) is -3.25. The molecule has 0 saturated carbocycles. The Morgan fingerprint density at radius 2 is 1.36 bits per heavy atom. The zero-order valence-corrected chi connectivity index (χ0v) is 70.4. The Kier molecular flexibility index (Phi) is 45.9. The zero-order valence-electron chi connectivity index (χ0n) is 68.0. The van der Waals surface area contributed by atoms with E-state index in [9.17, 15) is 102 Å². The van der Waals surface area contributed by atoms with Gasteiger partial charge in [0, 0.05) is 99.2 Å². The highest BCUT2D eigenvalue weighted by atomic mass is 33.1. The standard InChI is InChI=1S/C80H113N9O27S3/c1-8-15-71(101)114-45-89(75(104)59(48(5)9-2)27-22-55-18-13-14-33-88(55)7)64(47(3)4)41-66(116-49(6)91)74-85-63(44-117-74)73(103)82-54(36-51-19-23-56(92)24-20-51)21-25-58(94)42-81-80(112)113-34-35-118-119-43-53(76(105)106)39-65(95)62(37-50-16-11-10-12-17-50)84-72(102)52(40-70(99)100)38-57(93)26-28-60(77(107)108)83-67(96)30-29-61(78(109)110)86-79(111)87-68(115-46-90)31-32-69(97)98/h10-12,16-17,19-20,23-24,44,46-48,52-55,59-62,64,66,68,92H,8-9,13-15,18,21-22,25-43,45H2,1-7H3,(H,81,112)(H,82,103)(H,83,96)(H,84,102)(H,97,98)(H,99,100)(H,105,106)(H,107,108)(H,109,110)(H2,86,87,111)/t48?,52-,53-,54+,55+,59-,60-,61-,62-,64+,66+,68+/m0/s1. The first-order chi connectivity index (χ1) is 56.5. The third kappa shape index (κ3) is 39.0. The highest BCUT2D eigenvalue weighted by molar-refractivity contribution is 8.76. The number of thiazole rings is 1. The van der Waals surface area contributed by atoms with Gasteiger partial charge in [0.1, 0.15) is 40.9 Å². The SMILES string of the molecule is CCCC(=O)OCN(C(=O)[C@@H](CC[C@H]1CCCCN1C)C(C)CC)[C@H](C[C@@H](OC(C)=O)c1nc(C(=O)N[C@H](CCC(=O)CNC(=O)OCCSSC[C@H](CC(=O)[C@H](Cc2ccccc2)NC(=O)[C@H](CC(=O)O)CC(=O)CC[C@H](NC(=O)CC[C@H](NC(=O)N[C@@H](CCC(=O)O)OC=O)C(=O)O)C(=O)O)C(=O)O)Cc2ccc(O)cc2)cs1)C(C)C. The Bertz CT molecular complexity index is 3870. The van der Waals surface area contributed by atoms with Crippen LogP contribution in [0.5, 0.6) is 5.75 Å². The molecule has 1 aliphatic heterocycles. The molecule has 2 heterocycles. The molecule has 0 bridgehead atoms. The number of Topliss-reactive ketones (excluding diaryl/α,β-unsaturated/α-hetero) is 3. The Morgan fingerprint density at radius 1 is 0.689 bits per heavy atom. The summed E-state index contributed by atoms with van der Waals surface area (Å²) in [5, 5.41) is 74.3. The summed E-state index contributed by atoms with van der Waals surface area (Å²) in [6, 6.07) is 7.14. The van der Waals surface area contributed by atoms with Crippen LogP contribution in [-0.4, -0.2) is 234 Å². The fraction of sp³-hybridized carbons (Fsp3) is 0.600. The molecule has 3 aromatic rings. The Labute approximate surface area is 702 Å². The summed E-state index contributed by atoms with van der Waals surface area (Å²) in [5.74, 6) is -17.3. The lowest BCUT2D eigenvalue weighted by Gasteiger charge is -2.39. The molecule has 0 aliphatic carbocycles. The normalized spacial score (nSPS) is 15.4. The van der Waals surface area contributed by atoms with Crippen molar-refractivity contribution in [2.24, 2.45) is 29.6 Å². The van der Waals surface area contributed by atoms with Crippen LogP contribution in [0.3, 0.4) is 0 Å². The molecule has 1 aliphatic rings. The van der Waals surface area contributed by atoms with Crippen LogP contribution in [0.1, 0.15) is 203 Å². The predicted octanol–water partition coefficient (Wildman–Crippen LogP) is 7.41. The maximum atomic E-state index is 15.1. The number of ether oxygens (including phenoxy) is 4. The van der Waals surface area contributed by atoms with E-state index in [1.165, 1.54) is 24.4 Å². The van der Waals surface area contributed by atoms with Crippen molar-refractivity contribution in [1.82, 2.24) is 46.7 Å². The van der Waals surface area contributed by atoms with Gasteiger partial charge in [-0.05, 0) is 113 Å². The number of aromatic hydroxyl groups is 1. The van der Waals surface area contributed by atoms with Gasteiger partial charge in [0.15, 0.2) is 30.6 Å². The summed E-state index contributed by atoms with van der Waals surface area (Å²) >= 11 is 1.07. The zero-order chi connectivity index (χ0) is 88.3. The van der Waals surface area contributed by atoms with Gasteiger partial charge in [0.05, 0.1) is 37.3 Å². The Balaban J connectivity index is 1.34. The third-order valence-corrected chi connectivity index (χ3v) is 23.3. The minimum atomic E-state index is -1.78. The molecule has 658 valence electrons. The number of carbonyl (C=O) groups excluding carboxylic acids is 12. The molecule has 12 atom stereocenters. The molecule has 1 saturated heterocycles. The van der Waals surface area contributed by atoms with Crippen LogP contribution in [0, 0.1) is 29.6 Å². The lowest BCUT2D eigenvalue weighted by molar-refractivity contribution is -0.161. The summed E-state index contributed by atoms with van der Waals surface area (Å²) in [7, 11) is 4.22. The van der Waals surface area contributed by atoms with E-state index < -0.39 is 207 Å².